The van der Waals surface area contributed by atoms with Gasteiger partial charge in [0.05, 0.1) is 6.10 Å². The van der Waals surface area contributed by atoms with Crippen LogP contribution in [0.15, 0.2) is 23.3 Å². The molecule has 0 aromatic heterocycles. The Labute approximate surface area is 101 Å². The third kappa shape index (κ3) is 8.72. The van der Waals surface area contributed by atoms with E-state index in [0.29, 0.717) is 5.92 Å². The van der Waals surface area contributed by atoms with Crippen LogP contribution in [0.1, 0.15) is 60.3 Å². The Morgan fingerprint density at radius 1 is 1.25 bits per heavy atom. The highest BCUT2D eigenvalue weighted by Crippen LogP contribution is 2.14. The lowest BCUT2D eigenvalue weighted by Gasteiger charge is -2.12. The van der Waals surface area contributed by atoms with Gasteiger partial charge in [-0.3, -0.25) is 0 Å². The van der Waals surface area contributed by atoms with Gasteiger partial charge in [0, 0.05) is 0 Å². The Bertz CT molecular complexity index is 234. The zero-order valence-electron chi connectivity index (χ0n) is 11.6. The van der Waals surface area contributed by atoms with E-state index in [1.807, 2.05) is 6.08 Å². The molecular formula is C15H28O. The summed E-state index contributed by atoms with van der Waals surface area (Å²) in [5.74, 6) is 0.608. The first-order valence-corrected chi connectivity index (χ1v) is 6.44. The van der Waals surface area contributed by atoms with Crippen molar-refractivity contribution < 1.29 is 5.11 Å². The number of aliphatic hydroxyl groups is 1. The fourth-order valence-corrected chi connectivity index (χ4v) is 1.65. The van der Waals surface area contributed by atoms with E-state index in [1.54, 1.807) is 0 Å². The predicted molar refractivity (Wildman–Crippen MR) is 72.5 cm³/mol. The maximum Gasteiger partial charge on any atom is 0.0725 e. The van der Waals surface area contributed by atoms with Crippen LogP contribution in [-0.2, 0) is 0 Å². The highest BCUT2D eigenvalue weighted by atomic mass is 16.3. The van der Waals surface area contributed by atoms with Crippen molar-refractivity contribution in [2.45, 2.75) is 66.4 Å². The topological polar surface area (TPSA) is 20.2 Å². The van der Waals surface area contributed by atoms with Crippen LogP contribution in [0.5, 0.6) is 0 Å². The first-order chi connectivity index (χ1) is 7.45. The summed E-state index contributed by atoms with van der Waals surface area (Å²) >= 11 is 0. The summed E-state index contributed by atoms with van der Waals surface area (Å²) in [6.07, 6.45) is 8.17. The van der Waals surface area contributed by atoms with Crippen molar-refractivity contribution in [1.82, 2.24) is 0 Å². The molecule has 0 saturated heterocycles. The molecule has 0 rings (SSSR count). The van der Waals surface area contributed by atoms with Gasteiger partial charge >= 0.3 is 0 Å². The van der Waals surface area contributed by atoms with E-state index in [-0.39, 0.29) is 6.10 Å². The standard InChI is InChI=1S/C15H28O/c1-6-13(4)10-15(16)11-14(5)9-7-8-12(2)3/h8,11,13,15-16H,6-7,9-10H2,1-5H3. The maximum absolute atomic E-state index is 9.84. The molecule has 0 aromatic rings. The maximum atomic E-state index is 9.84. The molecule has 0 aromatic carbocycles. The number of hydrogen-bond donors (Lipinski definition) is 1. The zero-order chi connectivity index (χ0) is 12.6. The third-order valence-corrected chi connectivity index (χ3v) is 2.91. The summed E-state index contributed by atoms with van der Waals surface area (Å²) in [6, 6.07) is 0. The number of allylic oxidation sites excluding steroid dienone is 3. The second kappa shape index (κ2) is 8.58. The van der Waals surface area contributed by atoms with Gasteiger partial charge in [-0.15, -0.1) is 0 Å². The fourth-order valence-electron chi connectivity index (χ4n) is 1.65. The van der Waals surface area contributed by atoms with Crippen LogP contribution in [-0.4, -0.2) is 11.2 Å². The number of hydrogen-bond acceptors (Lipinski definition) is 1. The molecule has 0 aliphatic heterocycles. The Hall–Kier alpha value is -0.560. The van der Waals surface area contributed by atoms with E-state index >= 15 is 0 Å². The lowest BCUT2D eigenvalue weighted by atomic mass is 9.99. The highest BCUT2D eigenvalue weighted by Gasteiger charge is 2.06. The number of rotatable bonds is 7. The summed E-state index contributed by atoms with van der Waals surface area (Å²) in [7, 11) is 0. The molecule has 0 fully saturated rings. The molecular weight excluding hydrogens is 196 g/mol. The quantitative estimate of drug-likeness (QED) is 0.632. The molecule has 94 valence electrons. The molecule has 0 bridgehead atoms. The van der Waals surface area contributed by atoms with Crippen molar-refractivity contribution in [3.05, 3.63) is 23.3 Å². The first kappa shape index (κ1) is 15.4. The SMILES string of the molecule is CCC(C)CC(O)C=C(C)CCC=C(C)C. The van der Waals surface area contributed by atoms with Gasteiger partial charge in [0.15, 0.2) is 0 Å². The molecule has 0 heterocycles. The van der Waals surface area contributed by atoms with Crippen LogP contribution in [0.25, 0.3) is 0 Å². The molecule has 0 aliphatic carbocycles. The molecule has 2 atom stereocenters. The van der Waals surface area contributed by atoms with Crippen molar-refractivity contribution in [2.75, 3.05) is 0 Å². The monoisotopic (exact) mass is 224 g/mol. The molecule has 16 heavy (non-hydrogen) atoms. The largest absolute Gasteiger partial charge is 0.389 e. The van der Waals surface area contributed by atoms with Crippen molar-refractivity contribution in [2.24, 2.45) is 5.92 Å². The Balaban J connectivity index is 3.96. The molecule has 1 heteroatoms. The lowest BCUT2D eigenvalue weighted by Crippen LogP contribution is -2.08. The minimum Gasteiger partial charge on any atom is -0.389 e. The Kier molecular flexibility index (Phi) is 8.28. The Morgan fingerprint density at radius 3 is 2.38 bits per heavy atom. The van der Waals surface area contributed by atoms with Gasteiger partial charge < -0.3 is 5.11 Å². The van der Waals surface area contributed by atoms with Crippen molar-refractivity contribution in [3.63, 3.8) is 0 Å². The van der Waals surface area contributed by atoms with Crippen molar-refractivity contribution in [3.8, 4) is 0 Å². The van der Waals surface area contributed by atoms with Gasteiger partial charge in [-0.1, -0.05) is 43.6 Å². The first-order valence-electron chi connectivity index (χ1n) is 6.44. The van der Waals surface area contributed by atoms with Gasteiger partial charge in [-0.05, 0) is 46.0 Å². The minimum absolute atomic E-state index is 0.262. The van der Waals surface area contributed by atoms with Crippen LogP contribution in [0, 0.1) is 5.92 Å². The molecule has 0 radical (unpaired) electrons. The molecule has 2 unspecified atom stereocenters. The lowest BCUT2D eigenvalue weighted by molar-refractivity contribution is 0.188. The molecule has 0 spiro atoms. The van der Waals surface area contributed by atoms with Gasteiger partial charge in [0.25, 0.3) is 0 Å². The molecule has 0 aliphatic rings. The average molecular weight is 224 g/mol. The van der Waals surface area contributed by atoms with Crippen molar-refractivity contribution in [1.29, 1.82) is 0 Å². The van der Waals surface area contributed by atoms with E-state index in [9.17, 15) is 5.11 Å². The number of aliphatic hydroxyl groups excluding tert-OH is 1. The second-order valence-electron chi connectivity index (χ2n) is 5.15. The second-order valence-corrected chi connectivity index (χ2v) is 5.15. The predicted octanol–water partition coefficient (Wildman–Crippen LogP) is 4.48. The third-order valence-electron chi connectivity index (χ3n) is 2.91. The van der Waals surface area contributed by atoms with E-state index in [2.05, 4.69) is 40.7 Å². The van der Waals surface area contributed by atoms with E-state index in [1.165, 1.54) is 11.1 Å². The van der Waals surface area contributed by atoms with E-state index in [4.69, 9.17) is 0 Å². The molecule has 0 saturated carbocycles. The van der Waals surface area contributed by atoms with Crippen LogP contribution in [0.2, 0.25) is 0 Å². The highest BCUT2D eigenvalue weighted by molar-refractivity contribution is 5.04. The smallest absolute Gasteiger partial charge is 0.0725 e. The normalized spacial score (nSPS) is 15.8. The van der Waals surface area contributed by atoms with Crippen LogP contribution < -0.4 is 0 Å². The average Bonchev–Trinajstić information content (AvgIpc) is 2.16. The van der Waals surface area contributed by atoms with E-state index < -0.39 is 0 Å². The van der Waals surface area contributed by atoms with Gasteiger partial charge in [0.1, 0.15) is 0 Å². The molecule has 0 amide bonds. The summed E-state index contributed by atoms with van der Waals surface area (Å²) in [5.41, 5.74) is 2.67. The minimum atomic E-state index is -0.262. The summed E-state index contributed by atoms with van der Waals surface area (Å²) in [5, 5.41) is 9.84. The van der Waals surface area contributed by atoms with Crippen LogP contribution in [0.3, 0.4) is 0 Å². The van der Waals surface area contributed by atoms with Crippen LogP contribution in [0.4, 0.5) is 0 Å². The summed E-state index contributed by atoms with van der Waals surface area (Å²) in [4.78, 5) is 0. The Morgan fingerprint density at radius 2 is 1.88 bits per heavy atom. The summed E-state index contributed by atoms with van der Waals surface area (Å²) < 4.78 is 0. The van der Waals surface area contributed by atoms with Crippen molar-refractivity contribution >= 4 is 0 Å². The zero-order valence-corrected chi connectivity index (χ0v) is 11.6. The molecule has 1 nitrogen and oxygen atoms in total. The molecule has 1 N–H and O–H groups in total. The van der Waals surface area contributed by atoms with Gasteiger partial charge in [-0.25, -0.2) is 0 Å². The van der Waals surface area contributed by atoms with Crippen LogP contribution >= 0.6 is 0 Å². The van der Waals surface area contributed by atoms with Gasteiger partial charge in [0.2, 0.25) is 0 Å². The van der Waals surface area contributed by atoms with E-state index in [0.717, 1.165) is 25.7 Å². The summed E-state index contributed by atoms with van der Waals surface area (Å²) in [6.45, 7) is 10.7. The fraction of sp³-hybridized carbons (Fsp3) is 0.733. The van der Waals surface area contributed by atoms with Gasteiger partial charge in [-0.2, -0.15) is 0 Å².